The van der Waals surface area contributed by atoms with Crippen molar-refractivity contribution in [2.24, 2.45) is 5.10 Å². The predicted molar refractivity (Wildman–Crippen MR) is 132 cm³/mol. The summed E-state index contributed by atoms with van der Waals surface area (Å²) in [7, 11) is 0. The summed E-state index contributed by atoms with van der Waals surface area (Å²) in [4.78, 5) is 12.3. The number of nitrogens with zero attached hydrogens (tertiary/aromatic N) is 4. The molecule has 0 atom stereocenters. The third-order valence-electron chi connectivity index (χ3n) is 4.59. The number of para-hydroxylation sites is 1. The first-order chi connectivity index (χ1) is 15.6. The number of benzene rings is 3. The smallest absolute Gasteiger partial charge is 0.250 e. The minimum atomic E-state index is -0.224. The molecule has 3 aromatic carbocycles. The molecule has 1 heterocycles. The average Bonchev–Trinajstić information content (AvgIpc) is 3.24. The van der Waals surface area contributed by atoms with Gasteiger partial charge in [0, 0.05) is 21.3 Å². The van der Waals surface area contributed by atoms with Crippen molar-refractivity contribution >= 4 is 39.8 Å². The van der Waals surface area contributed by atoms with Crippen LogP contribution in [0.3, 0.4) is 0 Å². The summed E-state index contributed by atoms with van der Waals surface area (Å²) in [5, 5.41) is 13.4. The van der Waals surface area contributed by atoms with E-state index in [2.05, 4.69) is 36.7 Å². The lowest BCUT2D eigenvalue weighted by Crippen LogP contribution is -2.20. The van der Waals surface area contributed by atoms with Gasteiger partial charge in [-0.05, 0) is 25.1 Å². The highest BCUT2D eigenvalue weighted by atomic mass is 79.9. The Kier molecular flexibility index (Phi) is 7.14. The van der Waals surface area contributed by atoms with Crippen LogP contribution in [0.25, 0.3) is 17.1 Å². The number of thioether (sulfide) groups is 1. The van der Waals surface area contributed by atoms with E-state index in [0.717, 1.165) is 27.1 Å². The summed E-state index contributed by atoms with van der Waals surface area (Å²) < 4.78 is 2.87. The Hall–Kier alpha value is -3.23. The number of amides is 1. The van der Waals surface area contributed by atoms with E-state index >= 15 is 0 Å². The lowest BCUT2D eigenvalue weighted by molar-refractivity contribution is -0.118. The third-order valence-corrected chi connectivity index (χ3v) is 6.24. The van der Waals surface area contributed by atoms with Gasteiger partial charge >= 0.3 is 0 Å². The second-order valence-corrected chi connectivity index (χ2v) is 8.74. The highest BCUT2D eigenvalue weighted by Crippen LogP contribution is 2.28. The first-order valence-electron chi connectivity index (χ1n) is 9.89. The van der Waals surface area contributed by atoms with E-state index in [9.17, 15) is 4.79 Å². The molecule has 32 heavy (non-hydrogen) atoms. The number of aryl methyl sites for hydroxylation is 1. The second kappa shape index (κ2) is 10.4. The molecule has 1 aromatic heterocycles. The van der Waals surface area contributed by atoms with Gasteiger partial charge in [0.05, 0.1) is 12.0 Å². The molecule has 0 aliphatic carbocycles. The van der Waals surface area contributed by atoms with Crippen LogP contribution in [0.4, 0.5) is 0 Å². The van der Waals surface area contributed by atoms with Gasteiger partial charge in [-0.1, -0.05) is 93.9 Å². The van der Waals surface area contributed by atoms with Gasteiger partial charge in [0.1, 0.15) is 0 Å². The Balaban J connectivity index is 1.50. The van der Waals surface area contributed by atoms with Gasteiger partial charge in [0.2, 0.25) is 0 Å². The zero-order chi connectivity index (χ0) is 22.3. The molecule has 1 N–H and O–H groups in total. The molecule has 0 fully saturated rings. The third kappa shape index (κ3) is 5.33. The van der Waals surface area contributed by atoms with E-state index in [1.807, 2.05) is 90.4 Å². The van der Waals surface area contributed by atoms with Gasteiger partial charge in [0.15, 0.2) is 11.0 Å². The first kappa shape index (κ1) is 22.0. The molecular formula is C24H20BrN5OS. The molecule has 8 heteroatoms. The molecule has 6 nitrogen and oxygen atoms in total. The fourth-order valence-electron chi connectivity index (χ4n) is 2.98. The Morgan fingerprint density at radius 3 is 2.50 bits per heavy atom. The number of nitrogens with one attached hydrogen (secondary N) is 1. The van der Waals surface area contributed by atoms with E-state index in [0.29, 0.717) is 5.16 Å². The van der Waals surface area contributed by atoms with E-state index < -0.39 is 0 Å². The van der Waals surface area contributed by atoms with Crippen LogP contribution in [0.2, 0.25) is 0 Å². The van der Waals surface area contributed by atoms with Crippen LogP contribution in [-0.4, -0.2) is 32.6 Å². The van der Waals surface area contributed by atoms with Crippen molar-refractivity contribution in [3.63, 3.8) is 0 Å². The van der Waals surface area contributed by atoms with Gasteiger partial charge in [-0.15, -0.1) is 10.2 Å². The molecule has 0 aliphatic heterocycles. The fraction of sp³-hybridized carbons (Fsp3) is 0.0833. The van der Waals surface area contributed by atoms with Crippen molar-refractivity contribution < 1.29 is 4.79 Å². The normalized spacial score (nSPS) is 11.1. The summed E-state index contributed by atoms with van der Waals surface area (Å²) >= 11 is 4.77. The molecule has 0 spiro atoms. The maximum atomic E-state index is 12.3. The predicted octanol–water partition coefficient (Wildman–Crippen LogP) is 5.25. The molecule has 0 aliphatic rings. The van der Waals surface area contributed by atoms with E-state index in [4.69, 9.17) is 0 Å². The van der Waals surface area contributed by atoms with E-state index in [1.54, 1.807) is 6.21 Å². The quantitative estimate of drug-likeness (QED) is 0.211. The number of halogens is 1. The topological polar surface area (TPSA) is 72.2 Å². The Labute approximate surface area is 198 Å². The molecule has 0 bridgehead atoms. The van der Waals surface area contributed by atoms with Gasteiger partial charge in [-0.2, -0.15) is 5.10 Å². The highest BCUT2D eigenvalue weighted by molar-refractivity contribution is 9.10. The van der Waals surface area contributed by atoms with E-state index in [1.165, 1.54) is 17.3 Å². The number of aromatic nitrogens is 3. The second-order valence-electron chi connectivity index (χ2n) is 6.95. The van der Waals surface area contributed by atoms with Crippen LogP contribution in [0.1, 0.15) is 11.1 Å². The highest BCUT2D eigenvalue weighted by Gasteiger charge is 2.17. The molecule has 0 unspecified atom stereocenters. The van der Waals surface area contributed by atoms with Gasteiger partial charge < -0.3 is 0 Å². The molecule has 4 aromatic rings. The molecule has 0 saturated heterocycles. The van der Waals surface area contributed by atoms with Crippen molar-refractivity contribution in [3.05, 3.63) is 94.5 Å². The maximum Gasteiger partial charge on any atom is 0.250 e. The Morgan fingerprint density at radius 2 is 1.75 bits per heavy atom. The van der Waals surface area contributed by atoms with Crippen molar-refractivity contribution in [3.8, 4) is 17.1 Å². The number of hydrazone groups is 1. The zero-order valence-corrected chi connectivity index (χ0v) is 19.7. The summed E-state index contributed by atoms with van der Waals surface area (Å²) in [5.41, 5.74) is 6.51. The summed E-state index contributed by atoms with van der Waals surface area (Å²) in [6.45, 7) is 2.05. The van der Waals surface area contributed by atoms with Crippen LogP contribution in [0, 0.1) is 6.92 Å². The van der Waals surface area contributed by atoms with Crippen LogP contribution >= 0.6 is 27.7 Å². The SMILES string of the molecule is Cc1ccc(-c2nnc(SCC(=O)N/N=C\c3ccccc3Br)n2-c2ccccc2)cc1. The van der Waals surface area contributed by atoms with Crippen LogP contribution in [-0.2, 0) is 4.79 Å². The Bertz CT molecular complexity index is 1240. The zero-order valence-electron chi connectivity index (χ0n) is 17.3. The van der Waals surface area contributed by atoms with Crippen molar-refractivity contribution in [1.29, 1.82) is 0 Å². The monoisotopic (exact) mass is 505 g/mol. The molecule has 0 radical (unpaired) electrons. The molecular weight excluding hydrogens is 486 g/mol. The molecule has 1 amide bonds. The first-order valence-corrected chi connectivity index (χ1v) is 11.7. The van der Waals surface area contributed by atoms with Crippen molar-refractivity contribution in [2.75, 3.05) is 5.75 Å². The average molecular weight is 506 g/mol. The van der Waals surface area contributed by atoms with Crippen LogP contribution in [0.15, 0.2) is 93.6 Å². The van der Waals surface area contributed by atoms with Crippen LogP contribution < -0.4 is 5.43 Å². The fourth-order valence-corrected chi connectivity index (χ4v) is 4.11. The van der Waals surface area contributed by atoms with Gasteiger partial charge in [-0.3, -0.25) is 9.36 Å². The minimum absolute atomic E-state index is 0.159. The lowest BCUT2D eigenvalue weighted by Gasteiger charge is -2.10. The van der Waals surface area contributed by atoms with E-state index in [-0.39, 0.29) is 11.7 Å². The minimum Gasteiger partial charge on any atom is -0.272 e. The number of rotatable bonds is 7. The largest absolute Gasteiger partial charge is 0.272 e. The Morgan fingerprint density at radius 1 is 1.03 bits per heavy atom. The standard InChI is InChI=1S/C24H20BrN5OS/c1-17-11-13-18(14-12-17)23-28-29-24(30(23)20-8-3-2-4-9-20)32-16-22(31)27-26-15-19-7-5-6-10-21(19)25/h2-15H,16H2,1H3,(H,27,31)/b26-15-. The maximum absolute atomic E-state index is 12.3. The number of carbonyl (C=O) groups excluding carboxylic acids is 1. The molecule has 0 saturated carbocycles. The summed E-state index contributed by atoms with van der Waals surface area (Å²) in [6.07, 6.45) is 1.61. The molecule has 160 valence electrons. The van der Waals surface area contributed by atoms with Crippen molar-refractivity contribution in [1.82, 2.24) is 20.2 Å². The van der Waals surface area contributed by atoms with Gasteiger partial charge in [-0.25, -0.2) is 5.43 Å². The summed E-state index contributed by atoms with van der Waals surface area (Å²) in [5.74, 6) is 0.662. The summed E-state index contributed by atoms with van der Waals surface area (Å²) in [6, 6.07) is 25.7. The van der Waals surface area contributed by atoms with Crippen LogP contribution in [0.5, 0.6) is 0 Å². The van der Waals surface area contributed by atoms with Gasteiger partial charge in [0.25, 0.3) is 5.91 Å². The molecule has 4 rings (SSSR count). The number of carbonyl (C=O) groups is 1. The lowest BCUT2D eigenvalue weighted by atomic mass is 10.1. The van der Waals surface area contributed by atoms with Crippen molar-refractivity contribution in [2.45, 2.75) is 12.1 Å². The number of hydrogen-bond donors (Lipinski definition) is 1. The number of hydrogen-bond acceptors (Lipinski definition) is 5.